The smallest absolute Gasteiger partial charge is 0.345 e. The predicted octanol–water partition coefficient (Wildman–Crippen LogP) is 2.77. The fourth-order valence-corrected chi connectivity index (χ4v) is 2.34. The number of hydrogen-bond acceptors (Lipinski definition) is 5. The van der Waals surface area contributed by atoms with Gasteiger partial charge in [-0.1, -0.05) is 48.0 Å². The molecule has 8 heteroatoms. The lowest BCUT2D eigenvalue weighted by atomic mass is 10.1. The monoisotopic (exact) mass is 390 g/mol. The summed E-state index contributed by atoms with van der Waals surface area (Å²) < 4.78 is 10.6. The number of amides is 3. The van der Waals surface area contributed by atoms with Gasteiger partial charge >= 0.3 is 12.0 Å². The normalized spacial score (nSPS) is 11.2. The first-order valence-electron chi connectivity index (χ1n) is 8.06. The Balaban J connectivity index is 2.07. The van der Waals surface area contributed by atoms with Gasteiger partial charge in [0.05, 0.1) is 5.02 Å². The number of benzene rings is 2. The standard InChI is InChI=1S/C19H19ClN2O5/c1-12-8-9-14(20)15(10-12)26-11-16(23)27-17(13-6-4-3-5-7-13)18(24)22-19(25)21-2/h3-10,17H,11H2,1-2H3,(H2,21,22,24,25). The molecule has 3 amide bonds. The molecule has 0 saturated carbocycles. The Morgan fingerprint density at radius 2 is 1.81 bits per heavy atom. The van der Waals surface area contributed by atoms with E-state index in [2.05, 4.69) is 10.6 Å². The van der Waals surface area contributed by atoms with Crippen LogP contribution < -0.4 is 15.4 Å². The van der Waals surface area contributed by atoms with Crippen LogP contribution in [-0.4, -0.2) is 31.6 Å². The number of imide groups is 1. The summed E-state index contributed by atoms with van der Waals surface area (Å²) in [6.07, 6.45) is -1.30. The fraction of sp³-hybridized carbons (Fsp3) is 0.211. The summed E-state index contributed by atoms with van der Waals surface area (Å²) in [6, 6.07) is 12.8. The highest BCUT2D eigenvalue weighted by molar-refractivity contribution is 6.32. The quantitative estimate of drug-likeness (QED) is 0.740. The first kappa shape index (κ1) is 20.3. The van der Waals surface area contributed by atoms with Crippen LogP contribution in [0.1, 0.15) is 17.2 Å². The van der Waals surface area contributed by atoms with Crippen LogP contribution in [0.5, 0.6) is 5.75 Å². The number of hydrogen-bond donors (Lipinski definition) is 2. The summed E-state index contributed by atoms with van der Waals surface area (Å²) >= 11 is 6.02. The lowest BCUT2D eigenvalue weighted by Gasteiger charge is -2.18. The second-order valence-electron chi connectivity index (χ2n) is 5.57. The molecule has 0 aliphatic rings. The van der Waals surface area contributed by atoms with Gasteiger partial charge in [0.1, 0.15) is 5.75 Å². The van der Waals surface area contributed by atoms with Crippen molar-refractivity contribution in [1.82, 2.24) is 10.6 Å². The molecule has 2 rings (SSSR count). The molecule has 0 aromatic heterocycles. The second-order valence-corrected chi connectivity index (χ2v) is 5.98. The number of rotatable bonds is 6. The van der Waals surface area contributed by atoms with Gasteiger partial charge in [-0.05, 0) is 24.6 Å². The number of ether oxygens (including phenoxy) is 2. The lowest BCUT2D eigenvalue weighted by molar-refractivity contribution is -0.158. The molecule has 27 heavy (non-hydrogen) atoms. The molecule has 0 aliphatic carbocycles. The van der Waals surface area contributed by atoms with Crippen LogP contribution in [0.4, 0.5) is 4.79 Å². The summed E-state index contributed by atoms with van der Waals surface area (Å²) in [5.74, 6) is -1.23. The lowest BCUT2D eigenvalue weighted by Crippen LogP contribution is -2.41. The van der Waals surface area contributed by atoms with Crippen molar-refractivity contribution < 1.29 is 23.9 Å². The predicted molar refractivity (Wildman–Crippen MR) is 99.6 cm³/mol. The van der Waals surface area contributed by atoms with Crippen LogP contribution in [0.25, 0.3) is 0 Å². The van der Waals surface area contributed by atoms with E-state index < -0.39 is 30.6 Å². The first-order chi connectivity index (χ1) is 12.9. The summed E-state index contributed by atoms with van der Waals surface area (Å²) in [4.78, 5) is 35.9. The third-order valence-electron chi connectivity index (χ3n) is 3.49. The van der Waals surface area contributed by atoms with E-state index >= 15 is 0 Å². The maximum absolute atomic E-state index is 12.3. The van der Waals surface area contributed by atoms with E-state index in [-0.39, 0.29) is 0 Å². The van der Waals surface area contributed by atoms with Crippen LogP contribution >= 0.6 is 11.6 Å². The molecule has 0 fully saturated rings. The second kappa shape index (κ2) is 9.59. The van der Waals surface area contributed by atoms with Gasteiger partial charge in [0.2, 0.25) is 6.10 Å². The Hall–Kier alpha value is -3.06. The molecule has 0 aliphatic heterocycles. The average Bonchev–Trinajstić information content (AvgIpc) is 2.67. The van der Waals surface area contributed by atoms with Gasteiger partial charge in [-0.3, -0.25) is 10.1 Å². The highest BCUT2D eigenvalue weighted by Gasteiger charge is 2.26. The molecule has 0 bridgehead atoms. The van der Waals surface area contributed by atoms with Gasteiger partial charge in [0.25, 0.3) is 5.91 Å². The molecular formula is C19H19ClN2O5. The summed E-state index contributed by atoms with van der Waals surface area (Å²) in [5.41, 5.74) is 1.33. The molecule has 2 aromatic rings. The van der Waals surface area contributed by atoms with E-state index in [1.165, 1.54) is 7.05 Å². The third kappa shape index (κ3) is 6.00. The molecule has 0 spiro atoms. The minimum atomic E-state index is -1.30. The van der Waals surface area contributed by atoms with E-state index in [0.717, 1.165) is 5.56 Å². The van der Waals surface area contributed by atoms with Crippen LogP contribution in [0.15, 0.2) is 48.5 Å². The number of aryl methyl sites for hydroxylation is 1. The zero-order valence-corrected chi connectivity index (χ0v) is 15.6. The molecule has 0 heterocycles. The minimum Gasteiger partial charge on any atom is -0.480 e. The van der Waals surface area contributed by atoms with Crippen molar-refractivity contribution in [3.8, 4) is 5.75 Å². The SMILES string of the molecule is CNC(=O)NC(=O)C(OC(=O)COc1cc(C)ccc1Cl)c1ccccc1. The Morgan fingerprint density at radius 3 is 2.48 bits per heavy atom. The molecule has 0 radical (unpaired) electrons. The Morgan fingerprint density at radius 1 is 1.11 bits per heavy atom. The zero-order chi connectivity index (χ0) is 19.8. The number of carbonyl (C=O) groups excluding carboxylic acids is 3. The maximum atomic E-state index is 12.3. The number of nitrogens with one attached hydrogen (secondary N) is 2. The van der Waals surface area contributed by atoms with E-state index in [9.17, 15) is 14.4 Å². The van der Waals surface area contributed by atoms with Crippen molar-refractivity contribution in [2.45, 2.75) is 13.0 Å². The first-order valence-corrected chi connectivity index (χ1v) is 8.44. The van der Waals surface area contributed by atoms with Crippen molar-refractivity contribution >= 4 is 29.5 Å². The van der Waals surface area contributed by atoms with Crippen molar-refractivity contribution in [2.24, 2.45) is 0 Å². The summed E-state index contributed by atoms with van der Waals surface area (Å²) in [5, 5.41) is 4.71. The topological polar surface area (TPSA) is 93.7 Å². The Bertz CT molecular complexity index is 826. The summed E-state index contributed by atoms with van der Waals surface area (Å²) in [7, 11) is 1.37. The van der Waals surface area contributed by atoms with E-state index in [0.29, 0.717) is 16.3 Å². The number of urea groups is 1. The molecule has 142 valence electrons. The number of esters is 1. The maximum Gasteiger partial charge on any atom is 0.345 e. The van der Waals surface area contributed by atoms with E-state index in [4.69, 9.17) is 21.1 Å². The van der Waals surface area contributed by atoms with Gasteiger partial charge in [0.15, 0.2) is 6.61 Å². The van der Waals surface area contributed by atoms with Crippen molar-refractivity contribution in [3.05, 3.63) is 64.7 Å². The molecule has 1 atom stereocenters. The Labute approximate surface area is 161 Å². The van der Waals surface area contributed by atoms with Gasteiger partial charge < -0.3 is 14.8 Å². The van der Waals surface area contributed by atoms with Crippen LogP contribution in [0.3, 0.4) is 0 Å². The average molecular weight is 391 g/mol. The van der Waals surface area contributed by atoms with Crippen LogP contribution in [-0.2, 0) is 14.3 Å². The highest BCUT2D eigenvalue weighted by atomic mass is 35.5. The number of halogens is 1. The van der Waals surface area contributed by atoms with Crippen LogP contribution in [0, 0.1) is 6.92 Å². The molecule has 0 saturated heterocycles. The zero-order valence-electron chi connectivity index (χ0n) is 14.8. The van der Waals surface area contributed by atoms with Gasteiger partial charge in [-0.2, -0.15) is 0 Å². The summed E-state index contributed by atoms with van der Waals surface area (Å²) in [6.45, 7) is 1.41. The fourth-order valence-electron chi connectivity index (χ4n) is 2.16. The van der Waals surface area contributed by atoms with Crippen molar-refractivity contribution in [2.75, 3.05) is 13.7 Å². The Kier molecular flexibility index (Phi) is 7.19. The largest absolute Gasteiger partial charge is 0.480 e. The van der Waals surface area contributed by atoms with Crippen molar-refractivity contribution in [1.29, 1.82) is 0 Å². The third-order valence-corrected chi connectivity index (χ3v) is 3.80. The molecular weight excluding hydrogens is 372 g/mol. The van der Waals surface area contributed by atoms with Gasteiger partial charge in [-0.25, -0.2) is 9.59 Å². The molecule has 2 N–H and O–H groups in total. The minimum absolute atomic E-state index is 0.333. The van der Waals surface area contributed by atoms with Crippen LogP contribution in [0.2, 0.25) is 5.02 Å². The van der Waals surface area contributed by atoms with Gasteiger partial charge in [-0.15, -0.1) is 0 Å². The van der Waals surface area contributed by atoms with E-state index in [1.807, 2.05) is 13.0 Å². The highest BCUT2D eigenvalue weighted by Crippen LogP contribution is 2.25. The molecule has 7 nitrogen and oxygen atoms in total. The molecule has 1 unspecified atom stereocenters. The van der Waals surface area contributed by atoms with E-state index in [1.54, 1.807) is 42.5 Å². The molecule has 2 aromatic carbocycles. The van der Waals surface area contributed by atoms with Gasteiger partial charge in [0, 0.05) is 12.6 Å². The number of carbonyl (C=O) groups is 3. The van der Waals surface area contributed by atoms with Crippen molar-refractivity contribution in [3.63, 3.8) is 0 Å².